The number of thioether (sulfide) groups is 1. The molecule has 0 aromatic carbocycles. The largest absolute Gasteiger partial charge is 0.361 e. The first-order valence-electron chi connectivity index (χ1n) is 7.43. The number of nitrogens with zero attached hydrogens (tertiary/aromatic N) is 2. The van der Waals surface area contributed by atoms with Crippen molar-refractivity contribution in [1.82, 2.24) is 15.8 Å². The maximum atomic E-state index is 5.38. The number of hydrogen-bond donors (Lipinski definition) is 2. The Morgan fingerprint density at radius 3 is 2.45 bits per heavy atom. The molecule has 1 aromatic heterocycles. The number of guanidine groups is 1. The summed E-state index contributed by atoms with van der Waals surface area (Å²) in [6.45, 7) is 10.1. The average Bonchev–Trinajstić information content (AvgIpc) is 2.89. The molecule has 1 rings (SSSR count). The molecule has 0 aliphatic carbocycles. The number of halogens is 1. The van der Waals surface area contributed by atoms with E-state index in [1.807, 2.05) is 11.8 Å². The number of aryl methyl sites for hydroxylation is 2. The van der Waals surface area contributed by atoms with Crippen LogP contribution in [0.1, 0.15) is 44.7 Å². The van der Waals surface area contributed by atoms with Crippen LogP contribution in [0.4, 0.5) is 0 Å². The molecule has 0 saturated heterocycles. The quantitative estimate of drug-likeness (QED) is 0.387. The molecule has 0 atom stereocenters. The summed E-state index contributed by atoms with van der Waals surface area (Å²) in [7, 11) is 1.79. The van der Waals surface area contributed by atoms with Gasteiger partial charge in [-0.05, 0) is 26.5 Å². The van der Waals surface area contributed by atoms with Gasteiger partial charge in [-0.25, -0.2) is 0 Å². The molecule has 0 unspecified atom stereocenters. The molecule has 22 heavy (non-hydrogen) atoms. The molecule has 5 nitrogen and oxygen atoms in total. The molecule has 128 valence electrons. The summed E-state index contributed by atoms with van der Waals surface area (Å²) in [6, 6.07) is 0. The summed E-state index contributed by atoms with van der Waals surface area (Å²) in [5.41, 5.74) is 2.19. The van der Waals surface area contributed by atoms with Crippen LogP contribution in [-0.4, -0.2) is 35.7 Å². The minimum absolute atomic E-state index is 0. The van der Waals surface area contributed by atoms with Crippen LogP contribution in [0.15, 0.2) is 9.52 Å². The van der Waals surface area contributed by atoms with E-state index >= 15 is 0 Å². The van der Waals surface area contributed by atoms with Crippen LogP contribution in [0.2, 0.25) is 0 Å². The van der Waals surface area contributed by atoms with Crippen molar-refractivity contribution < 1.29 is 4.52 Å². The molecule has 0 saturated carbocycles. The molecule has 1 aromatic rings. The third-order valence-corrected chi connectivity index (χ3v) is 4.75. The maximum Gasteiger partial charge on any atom is 0.191 e. The van der Waals surface area contributed by atoms with Gasteiger partial charge in [0.05, 0.1) is 5.69 Å². The summed E-state index contributed by atoms with van der Waals surface area (Å²) in [6.07, 6.45) is 3.86. The summed E-state index contributed by atoms with van der Waals surface area (Å²) >= 11 is 1.84. The number of rotatable bonds is 7. The van der Waals surface area contributed by atoms with Crippen LogP contribution in [0.25, 0.3) is 0 Å². The second kappa shape index (κ2) is 10.4. The lowest BCUT2D eigenvalue weighted by molar-refractivity contribution is 0.380. The first-order valence-corrected chi connectivity index (χ1v) is 8.65. The fraction of sp³-hybridized carbons (Fsp3) is 0.733. The lowest BCUT2D eigenvalue weighted by atomic mass is 10.1. The van der Waals surface area contributed by atoms with E-state index in [-0.39, 0.29) is 28.7 Å². The van der Waals surface area contributed by atoms with Gasteiger partial charge in [0.15, 0.2) is 5.96 Å². The normalized spacial score (nSPS) is 12.0. The summed E-state index contributed by atoms with van der Waals surface area (Å²) in [5, 5.41) is 10.8. The Labute approximate surface area is 155 Å². The highest BCUT2D eigenvalue weighted by Crippen LogP contribution is 2.19. The minimum Gasteiger partial charge on any atom is -0.361 e. The highest BCUT2D eigenvalue weighted by Gasteiger charge is 2.17. The zero-order valence-corrected chi connectivity index (χ0v) is 17.6. The van der Waals surface area contributed by atoms with Gasteiger partial charge in [0.1, 0.15) is 5.76 Å². The van der Waals surface area contributed by atoms with Gasteiger partial charge in [0.25, 0.3) is 0 Å². The van der Waals surface area contributed by atoms with Crippen molar-refractivity contribution in [2.45, 2.75) is 51.8 Å². The fourth-order valence-corrected chi connectivity index (χ4v) is 2.12. The third kappa shape index (κ3) is 6.36. The van der Waals surface area contributed by atoms with E-state index in [0.29, 0.717) is 6.54 Å². The Balaban J connectivity index is 0.00000441. The molecule has 7 heteroatoms. The van der Waals surface area contributed by atoms with E-state index in [1.54, 1.807) is 7.05 Å². The molecule has 0 bridgehead atoms. The molecule has 0 aliphatic heterocycles. The van der Waals surface area contributed by atoms with Gasteiger partial charge in [-0.1, -0.05) is 19.0 Å². The first-order chi connectivity index (χ1) is 9.97. The van der Waals surface area contributed by atoms with Crippen molar-refractivity contribution in [2.75, 3.05) is 19.8 Å². The molecule has 2 N–H and O–H groups in total. The first kappa shape index (κ1) is 21.6. The smallest absolute Gasteiger partial charge is 0.191 e. The van der Waals surface area contributed by atoms with Crippen LogP contribution in [-0.2, 0) is 19.4 Å². The van der Waals surface area contributed by atoms with Crippen LogP contribution < -0.4 is 10.6 Å². The van der Waals surface area contributed by atoms with Crippen molar-refractivity contribution in [2.24, 2.45) is 4.99 Å². The van der Waals surface area contributed by atoms with E-state index in [9.17, 15) is 0 Å². The highest BCUT2D eigenvalue weighted by atomic mass is 127. The van der Waals surface area contributed by atoms with E-state index in [1.165, 1.54) is 0 Å². The summed E-state index contributed by atoms with van der Waals surface area (Å²) < 4.78 is 5.56. The molecule has 1 heterocycles. The lowest BCUT2D eigenvalue weighted by Gasteiger charge is -2.23. The SMILES string of the molecule is CCc1noc(CC)c1CNC(=NC)NCC(C)(C)SC.I. The predicted octanol–water partition coefficient (Wildman–Crippen LogP) is 3.22. The number of aromatic nitrogens is 1. The third-order valence-electron chi connectivity index (χ3n) is 3.50. The Hall–Kier alpha value is -0.440. The minimum atomic E-state index is 0. The Morgan fingerprint density at radius 2 is 1.95 bits per heavy atom. The van der Waals surface area contributed by atoms with E-state index in [4.69, 9.17) is 4.52 Å². The molecule has 0 amide bonds. The van der Waals surface area contributed by atoms with Crippen molar-refractivity contribution in [3.8, 4) is 0 Å². The predicted molar refractivity (Wildman–Crippen MR) is 106 cm³/mol. The topological polar surface area (TPSA) is 62.5 Å². The van der Waals surface area contributed by atoms with Crippen molar-refractivity contribution in [1.29, 1.82) is 0 Å². The molecule has 0 fully saturated rings. The van der Waals surface area contributed by atoms with Crippen LogP contribution >= 0.6 is 35.7 Å². The van der Waals surface area contributed by atoms with Crippen molar-refractivity contribution in [3.05, 3.63) is 17.0 Å². The van der Waals surface area contributed by atoms with E-state index in [2.05, 4.69) is 54.7 Å². The van der Waals surface area contributed by atoms with Crippen LogP contribution in [0.3, 0.4) is 0 Å². The molecular formula is C15H29IN4OS. The Morgan fingerprint density at radius 1 is 1.27 bits per heavy atom. The number of hydrogen-bond acceptors (Lipinski definition) is 4. The van der Waals surface area contributed by atoms with Gasteiger partial charge in [-0.3, -0.25) is 4.99 Å². The van der Waals surface area contributed by atoms with Crippen LogP contribution in [0, 0.1) is 0 Å². The monoisotopic (exact) mass is 440 g/mol. The second-order valence-corrected chi connectivity index (χ2v) is 6.99. The van der Waals surface area contributed by atoms with E-state index < -0.39 is 0 Å². The standard InChI is InChI=1S/C15H28N4OS.HI/c1-7-12-11(13(8-2)20-19-12)9-17-14(16-5)18-10-15(3,4)21-6;/h7-10H2,1-6H3,(H2,16,17,18);1H. The van der Waals surface area contributed by atoms with Gasteiger partial charge in [0.2, 0.25) is 0 Å². The Kier molecular flexibility index (Phi) is 10.1. The van der Waals surface area contributed by atoms with Gasteiger partial charge in [-0.15, -0.1) is 24.0 Å². The maximum absolute atomic E-state index is 5.38. The molecule has 0 spiro atoms. The molecular weight excluding hydrogens is 411 g/mol. The zero-order chi connectivity index (χ0) is 15.9. The second-order valence-electron chi connectivity index (χ2n) is 5.48. The average molecular weight is 440 g/mol. The zero-order valence-electron chi connectivity index (χ0n) is 14.4. The Bertz CT molecular complexity index is 453. The fourth-order valence-electron chi connectivity index (χ4n) is 1.90. The van der Waals surface area contributed by atoms with Gasteiger partial charge in [-0.2, -0.15) is 11.8 Å². The van der Waals surface area contributed by atoms with Crippen molar-refractivity contribution in [3.63, 3.8) is 0 Å². The van der Waals surface area contributed by atoms with E-state index in [0.717, 1.165) is 42.4 Å². The van der Waals surface area contributed by atoms with Crippen molar-refractivity contribution >= 4 is 41.7 Å². The highest BCUT2D eigenvalue weighted by molar-refractivity contribution is 14.0. The van der Waals surface area contributed by atoms with Gasteiger partial charge >= 0.3 is 0 Å². The van der Waals surface area contributed by atoms with Crippen LogP contribution in [0.5, 0.6) is 0 Å². The lowest BCUT2D eigenvalue weighted by Crippen LogP contribution is -2.43. The summed E-state index contributed by atoms with van der Waals surface area (Å²) in [4.78, 5) is 4.27. The van der Waals surface area contributed by atoms with Gasteiger partial charge < -0.3 is 15.2 Å². The molecule has 0 radical (unpaired) electrons. The number of aliphatic imine (C=N–C) groups is 1. The summed E-state index contributed by atoms with van der Waals surface area (Å²) in [5.74, 6) is 1.77. The molecule has 0 aliphatic rings. The van der Waals surface area contributed by atoms with Gasteiger partial charge in [0, 0.05) is 36.9 Å². The number of nitrogens with one attached hydrogen (secondary N) is 2.